The second-order valence-corrected chi connectivity index (χ2v) is 8.09. The summed E-state index contributed by atoms with van der Waals surface area (Å²) in [5, 5.41) is 26.3. The Morgan fingerprint density at radius 3 is 2.83 bits per heavy atom. The van der Waals surface area contributed by atoms with Gasteiger partial charge in [0.15, 0.2) is 35.1 Å². The smallest absolute Gasteiger partial charge is 0.251 e. The maximum absolute atomic E-state index is 12.4. The molecule has 3 aromatic heterocycles. The average molecular weight is 495 g/mol. The number of nitrogens with one attached hydrogen (secondary N) is 2. The van der Waals surface area contributed by atoms with Crippen molar-refractivity contribution >= 4 is 22.9 Å². The summed E-state index contributed by atoms with van der Waals surface area (Å²) < 4.78 is 34.0. The number of hydrogen-bond acceptors (Lipinski definition) is 10. The number of carbonyl (C=O) groups excluding carboxylic acids is 1. The maximum Gasteiger partial charge on any atom is 0.251 e. The summed E-state index contributed by atoms with van der Waals surface area (Å²) in [7, 11) is 1.51. The molecular formula is C24H25N7O5. The van der Waals surface area contributed by atoms with Crippen LogP contribution in [0.3, 0.4) is 0 Å². The Labute approximate surface area is 210 Å². The van der Waals surface area contributed by atoms with Crippen molar-refractivity contribution in [2.75, 3.05) is 19.4 Å². The average Bonchev–Trinajstić information content (AvgIpc) is 3.47. The number of likely N-dealkylation sites (N-methyl/N-ethyl adjacent to an activating group) is 1. The van der Waals surface area contributed by atoms with Crippen molar-refractivity contribution in [3.8, 4) is 17.1 Å². The number of pyridine rings is 1. The molecule has 1 aromatic carbocycles. The van der Waals surface area contributed by atoms with Gasteiger partial charge < -0.3 is 30.3 Å². The predicted octanol–water partition coefficient (Wildman–Crippen LogP) is 0.874. The van der Waals surface area contributed by atoms with Gasteiger partial charge in [-0.05, 0) is 11.6 Å². The summed E-state index contributed by atoms with van der Waals surface area (Å²) in [6, 6.07) is 11.3. The van der Waals surface area contributed by atoms with Crippen LogP contribution in [0.5, 0.6) is 5.75 Å². The first-order valence-corrected chi connectivity index (χ1v) is 11.0. The van der Waals surface area contributed by atoms with Crippen LogP contribution >= 0.6 is 0 Å². The largest absolute Gasteiger partial charge is 0.495 e. The molecule has 0 unspecified atom stereocenters. The molecule has 36 heavy (non-hydrogen) atoms. The minimum Gasteiger partial charge on any atom is -0.495 e. The summed E-state index contributed by atoms with van der Waals surface area (Å²) in [5.41, 5.74) is 2.10. The van der Waals surface area contributed by atoms with E-state index >= 15 is 0 Å². The van der Waals surface area contributed by atoms with E-state index < -0.39 is 37.4 Å². The molecule has 0 bridgehead atoms. The van der Waals surface area contributed by atoms with Crippen LogP contribution in [0.2, 0.25) is 0 Å². The lowest BCUT2D eigenvalue weighted by Gasteiger charge is -2.17. The quantitative estimate of drug-likeness (QED) is 0.291. The lowest BCUT2D eigenvalue weighted by molar-refractivity contribution is -0.137. The zero-order chi connectivity index (χ0) is 27.7. The van der Waals surface area contributed by atoms with Crippen molar-refractivity contribution in [2.24, 2.45) is 0 Å². The molecule has 186 valence electrons. The number of rotatable bonds is 7. The summed E-state index contributed by atoms with van der Waals surface area (Å²) in [6.45, 7) is -2.37. The Hall–Kier alpha value is -4.13. The molecule has 4 aromatic rings. The van der Waals surface area contributed by atoms with E-state index in [4.69, 9.17) is 13.6 Å². The summed E-state index contributed by atoms with van der Waals surface area (Å²) in [6.07, 6.45) is -1.79. The molecule has 12 heteroatoms. The normalized spacial score (nSPS) is 23.0. The number of carbonyl (C=O) groups is 1. The number of fused-ring (bicyclic) bond motifs is 1. The van der Waals surface area contributed by atoms with Gasteiger partial charge in [0.05, 0.1) is 19.6 Å². The van der Waals surface area contributed by atoms with E-state index in [9.17, 15) is 15.0 Å². The first kappa shape index (κ1) is 20.1. The molecule has 1 saturated heterocycles. The number of methoxy groups -OCH3 is 1. The van der Waals surface area contributed by atoms with Gasteiger partial charge in [-0.15, -0.1) is 0 Å². The zero-order valence-electron chi connectivity index (χ0n) is 22.1. The molecule has 12 nitrogen and oxygen atoms in total. The lowest BCUT2D eigenvalue weighted by atomic mass is 10.1. The van der Waals surface area contributed by atoms with Gasteiger partial charge in [-0.2, -0.15) is 0 Å². The van der Waals surface area contributed by atoms with E-state index in [2.05, 4.69) is 25.3 Å². The van der Waals surface area contributed by atoms with Crippen LogP contribution in [0, 0.1) is 0 Å². The molecule has 0 radical (unpaired) electrons. The monoisotopic (exact) mass is 494 g/mol. The van der Waals surface area contributed by atoms with E-state index in [0.29, 0.717) is 29.2 Å². The molecule has 0 spiro atoms. The number of imidazole rings is 1. The number of benzene rings is 1. The van der Waals surface area contributed by atoms with Crippen LogP contribution in [0.15, 0.2) is 55.1 Å². The standard InChI is InChI=1S/C24H25N7O5/c1-25-23(34)19-17(32)18(33)24(36-19)31-12-28-16-21(27-9-13-6-4-3-5-7-13)29-20(30-22(16)31)14-8-15(35-2)11-26-10-14/h3-8,10-12,17-19,24,32-33H,9H2,1-2H3,(H,25,34)(H,27,29,30)/t17-,18+,19-,24+/m0/s1/i1D3. The Balaban J connectivity index is 1.55. The second-order valence-electron chi connectivity index (χ2n) is 8.09. The number of amides is 1. The van der Waals surface area contributed by atoms with Crippen molar-refractivity contribution in [3.05, 3.63) is 60.7 Å². The highest BCUT2D eigenvalue weighted by Crippen LogP contribution is 2.34. The molecule has 5 rings (SSSR count). The molecule has 0 aliphatic carbocycles. The minimum absolute atomic E-state index is 0.228. The van der Waals surface area contributed by atoms with Crippen LogP contribution in [-0.4, -0.2) is 73.0 Å². The SMILES string of the molecule is [2H]C([2H])([2H])NC(=O)[C@H]1O[C@@H](n2cnc3c(NCc4ccccc4)nc(-c4cncc(OC)c4)nc32)[C@H](O)[C@@H]1O. The summed E-state index contributed by atoms with van der Waals surface area (Å²) >= 11 is 0. The van der Waals surface area contributed by atoms with Gasteiger partial charge in [0.2, 0.25) is 0 Å². The number of nitrogens with zero attached hydrogens (tertiary/aromatic N) is 5. The molecule has 1 aliphatic heterocycles. The van der Waals surface area contributed by atoms with Gasteiger partial charge in [-0.3, -0.25) is 14.3 Å². The molecule has 0 saturated carbocycles. The fourth-order valence-electron chi connectivity index (χ4n) is 3.97. The predicted molar refractivity (Wildman–Crippen MR) is 129 cm³/mol. The van der Waals surface area contributed by atoms with Gasteiger partial charge >= 0.3 is 0 Å². The molecule has 1 aliphatic rings. The third-order valence-corrected chi connectivity index (χ3v) is 5.83. The van der Waals surface area contributed by atoms with Crippen molar-refractivity contribution in [1.29, 1.82) is 0 Å². The highest BCUT2D eigenvalue weighted by Gasteiger charge is 2.47. The van der Waals surface area contributed by atoms with Crippen LogP contribution in [0.4, 0.5) is 5.82 Å². The Kier molecular flexibility index (Phi) is 5.50. The number of ether oxygens (including phenoxy) is 2. The maximum atomic E-state index is 12.4. The number of aliphatic hydroxyl groups is 2. The highest BCUT2D eigenvalue weighted by molar-refractivity contribution is 5.85. The highest BCUT2D eigenvalue weighted by atomic mass is 16.6. The van der Waals surface area contributed by atoms with E-state index in [1.807, 2.05) is 30.3 Å². The van der Waals surface area contributed by atoms with Crippen LogP contribution in [0.25, 0.3) is 22.6 Å². The first-order chi connectivity index (χ1) is 18.6. The van der Waals surface area contributed by atoms with Gasteiger partial charge in [-0.1, -0.05) is 30.3 Å². The molecule has 4 heterocycles. The topological polar surface area (TPSA) is 157 Å². The molecular weight excluding hydrogens is 466 g/mol. The lowest BCUT2D eigenvalue weighted by Crippen LogP contribution is -2.41. The van der Waals surface area contributed by atoms with Gasteiger partial charge in [0.25, 0.3) is 5.91 Å². The zero-order valence-corrected chi connectivity index (χ0v) is 19.1. The van der Waals surface area contributed by atoms with Crippen LogP contribution < -0.4 is 15.4 Å². The molecule has 1 fully saturated rings. The van der Waals surface area contributed by atoms with Crippen LogP contribution in [-0.2, 0) is 16.1 Å². The van der Waals surface area contributed by atoms with Gasteiger partial charge in [0.1, 0.15) is 18.0 Å². The molecule has 4 atom stereocenters. The van der Waals surface area contributed by atoms with Crippen molar-refractivity contribution < 1.29 is 28.6 Å². The summed E-state index contributed by atoms with van der Waals surface area (Å²) in [5.74, 6) is 0.0434. The Morgan fingerprint density at radius 1 is 1.22 bits per heavy atom. The Morgan fingerprint density at radius 2 is 2.06 bits per heavy atom. The van der Waals surface area contributed by atoms with Crippen LogP contribution in [0.1, 0.15) is 15.9 Å². The minimum atomic E-state index is -2.79. The van der Waals surface area contributed by atoms with Crippen molar-refractivity contribution in [1.82, 2.24) is 29.8 Å². The third kappa shape index (κ3) is 4.33. The second kappa shape index (κ2) is 9.85. The van der Waals surface area contributed by atoms with E-state index in [0.717, 1.165) is 5.56 Å². The van der Waals surface area contributed by atoms with Gasteiger partial charge in [0, 0.05) is 29.4 Å². The van der Waals surface area contributed by atoms with Crippen molar-refractivity contribution in [3.63, 3.8) is 0 Å². The number of aliphatic hydroxyl groups excluding tert-OH is 2. The molecule has 1 amide bonds. The van der Waals surface area contributed by atoms with Crippen molar-refractivity contribution in [2.45, 2.75) is 31.1 Å². The fourth-order valence-corrected chi connectivity index (χ4v) is 3.97. The van der Waals surface area contributed by atoms with E-state index in [1.165, 1.54) is 24.2 Å². The fraction of sp³-hybridized carbons (Fsp3) is 0.292. The first-order valence-electron chi connectivity index (χ1n) is 12.5. The Bertz CT molecular complexity index is 1480. The van der Waals surface area contributed by atoms with Gasteiger partial charge in [-0.25, -0.2) is 15.0 Å². The van der Waals surface area contributed by atoms with E-state index in [-0.39, 0.29) is 11.5 Å². The third-order valence-electron chi connectivity index (χ3n) is 5.83. The number of hydrogen-bond donors (Lipinski definition) is 4. The molecule has 4 N–H and O–H groups in total. The number of aromatic nitrogens is 5. The summed E-state index contributed by atoms with van der Waals surface area (Å²) in [4.78, 5) is 30.3. The van der Waals surface area contributed by atoms with E-state index in [1.54, 1.807) is 17.6 Å². The number of anilines is 1.